The fourth-order valence-corrected chi connectivity index (χ4v) is 2.86. The standard InChI is InChI=1S/C12H19NO6/c1-6-8(3-11(16)17)9(4-12(18)19)7(5-13-6)2-10(14)15/h6-9,13H,2-5H2,1H3,(H,14,15)(H,16,17)(H,18,19). The molecule has 0 bridgehead atoms. The van der Waals surface area contributed by atoms with Gasteiger partial charge < -0.3 is 20.6 Å². The maximum absolute atomic E-state index is 10.9. The Balaban J connectivity index is 2.89. The van der Waals surface area contributed by atoms with Gasteiger partial charge in [-0.3, -0.25) is 14.4 Å². The van der Waals surface area contributed by atoms with E-state index in [1.54, 1.807) is 6.92 Å². The van der Waals surface area contributed by atoms with Crippen molar-refractivity contribution in [1.82, 2.24) is 5.32 Å². The highest BCUT2D eigenvalue weighted by molar-refractivity contribution is 5.70. The molecular formula is C12H19NO6. The molecule has 4 atom stereocenters. The predicted octanol–water partition coefficient (Wildman–Crippen LogP) is 0.251. The first-order valence-electron chi connectivity index (χ1n) is 6.20. The Hall–Kier alpha value is -1.63. The number of piperidine rings is 1. The quantitative estimate of drug-likeness (QED) is 0.546. The van der Waals surface area contributed by atoms with Crippen LogP contribution in [0.4, 0.5) is 0 Å². The minimum atomic E-state index is -1.02. The zero-order valence-electron chi connectivity index (χ0n) is 10.7. The van der Waals surface area contributed by atoms with Gasteiger partial charge in [0.25, 0.3) is 0 Å². The molecule has 0 aromatic rings. The van der Waals surface area contributed by atoms with Gasteiger partial charge in [-0.2, -0.15) is 0 Å². The fraction of sp³-hybridized carbons (Fsp3) is 0.750. The minimum absolute atomic E-state index is 0.134. The van der Waals surface area contributed by atoms with E-state index in [1.165, 1.54) is 0 Å². The summed E-state index contributed by atoms with van der Waals surface area (Å²) in [5.74, 6) is -4.16. The Morgan fingerprint density at radius 1 is 0.947 bits per heavy atom. The Morgan fingerprint density at radius 3 is 1.89 bits per heavy atom. The van der Waals surface area contributed by atoms with Crippen LogP contribution in [0.3, 0.4) is 0 Å². The number of nitrogens with one attached hydrogen (secondary N) is 1. The number of hydrogen-bond acceptors (Lipinski definition) is 4. The zero-order chi connectivity index (χ0) is 14.6. The van der Waals surface area contributed by atoms with Crippen molar-refractivity contribution in [2.24, 2.45) is 17.8 Å². The van der Waals surface area contributed by atoms with Crippen molar-refractivity contribution >= 4 is 17.9 Å². The van der Waals surface area contributed by atoms with Crippen molar-refractivity contribution in [3.63, 3.8) is 0 Å². The Kier molecular flexibility index (Phi) is 5.29. The van der Waals surface area contributed by atoms with Crippen molar-refractivity contribution in [3.05, 3.63) is 0 Å². The summed E-state index contributed by atoms with van der Waals surface area (Å²) < 4.78 is 0. The predicted molar refractivity (Wildman–Crippen MR) is 64.7 cm³/mol. The van der Waals surface area contributed by atoms with Gasteiger partial charge in [-0.05, 0) is 31.2 Å². The molecule has 7 nitrogen and oxygen atoms in total. The van der Waals surface area contributed by atoms with Crippen LogP contribution in [-0.4, -0.2) is 45.8 Å². The molecular weight excluding hydrogens is 254 g/mol. The zero-order valence-corrected chi connectivity index (χ0v) is 10.7. The summed E-state index contributed by atoms with van der Waals surface area (Å²) in [5, 5.41) is 29.8. The topological polar surface area (TPSA) is 124 Å². The SMILES string of the molecule is CC1NCC(CC(=O)O)C(CC(=O)O)C1CC(=O)O. The Bertz CT molecular complexity index is 369. The molecule has 1 heterocycles. The third kappa shape index (κ3) is 4.51. The van der Waals surface area contributed by atoms with Crippen LogP contribution in [0.15, 0.2) is 0 Å². The Labute approximate surface area is 110 Å². The summed E-state index contributed by atoms with van der Waals surface area (Å²) in [6.45, 7) is 2.21. The number of rotatable bonds is 6. The summed E-state index contributed by atoms with van der Waals surface area (Å²) in [7, 11) is 0. The van der Waals surface area contributed by atoms with Gasteiger partial charge in [0.2, 0.25) is 0 Å². The van der Waals surface area contributed by atoms with Crippen LogP contribution < -0.4 is 5.32 Å². The third-order valence-corrected chi connectivity index (χ3v) is 3.76. The van der Waals surface area contributed by atoms with Gasteiger partial charge in [-0.1, -0.05) is 0 Å². The third-order valence-electron chi connectivity index (χ3n) is 3.76. The van der Waals surface area contributed by atoms with Crippen LogP contribution in [-0.2, 0) is 14.4 Å². The van der Waals surface area contributed by atoms with Crippen LogP contribution in [0.2, 0.25) is 0 Å². The smallest absolute Gasteiger partial charge is 0.303 e. The number of aliphatic carboxylic acids is 3. The van der Waals surface area contributed by atoms with Gasteiger partial charge in [-0.25, -0.2) is 0 Å². The van der Waals surface area contributed by atoms with Gasteiger partial charge in [-0.15, -0.1) is 0 Å². The van der Waals surface area contributed by atoms with Crippen LogP contribution in [0.1, 0.15) is 26.2 Å². The average Bonchev–Trinajstić information content (AvgIpc) is 2.25. The molecule has 0 aliphatic carbocycles. The van der Waals surface area contributed by atoms with Crippen LogP contribution >= 0.6 is 0 Å². The second kappa shape index (κ2) is 6.51. The van der Waals surface area contributed by atoms with E-state index in [2.05, 4.69) is 5.32 Å². The number of carboxylic acids is 3. The molecule has 1 aliphatic rings. The molecule has 4 unspecified atom stereocenters. The van der Waals surface area contributed by atoms with Gasteiger partial charge in [0.15, 0.2) is 0 Å². The van der Waals surface area contributed by atoms with E-state index in [0.717, 1.165) is 0 Å². The number of carbonyl (C=O) groups is 3. The number of carboxylic acid groups (broad SMARTS) is 3. The van der Waals surface area contributed by atoms with Crippen LogP contribution in [0.25, 0.3) is 0 Å². The fourth-order valence-electron chi connectivity index (χ4n) is 2.86. The van der Waals surface area contributed by atoms with Crippen LogP contribution in [0, 0.1) is 17.8 Å². The molecule has 1 aliphatic heterocycles. The molecule has 0 spiro atoms. The summed E-state index contributed by atoms with van der Waals surface area (Å²) in [5.41, 5.74) is 0. The lowest BCUT2D eigenvalue weighted by atomic mass is 9.70. The van der Waals surface area contributed by atoms with Crippen molar-refractivity contribution in [1.29, 1.82) is 0 Å². The van der Waals surface area contributed by atoms with E-state index >= 15 is 0 Å². The molecule has 0 amide bonds. The molecule has 0 aromatic heterocycles. The first-order chi connectivity index (χ1) is 8.81. The van der Waals surface area contributed by atoms with Crippen LogP contribution in [0.5, 0.6) is 0 Å². The van der Waals surface area contributed by atoms with E-state index in [1.807, 2.05) is 0 Å². The van der Waals surface area contributed by atoms with Gasteiger partial charge in [0.05, 0.1) is 0 Å². The summed E-state index contributed by atoms with van der Waals surface area (Å²) >= 11 is 0. The first kappa shape index (κ1) is 15.4. The molecule has 1 saturated heterocycles. The molecule has 0 radical (unpaired) electrons. The van der Waals surface area contributed by atoms with Crippen molar-refractivity contribution in [2.45, 2.75) is 32.2 Å². The molecule has 1 rings (SSSR count). The lowest BCUT2D eigenvalue weighted by molar-refractivity contribution is -0.145. The van der Waals surface area contributed by atoms with Crippen molar-refractivity contribution in [3.8, 4) is 0 Å². The van der Waals surface area contributed by atoms with Crippen molar-refractivity contribution < 1.29 is 29.7 Å². The molecule has 108 valence electrons. The average molecular weight is 273 g/mol. The highest BCUT2D eigenvalue weighted by Gasteiger charge is 2.40. The second-order valence-electron chi connectivity index (χ2n) is 5.08. The maximum atomic E-state index is 10.9. The molecule has 0 aromatic carbocycles. The van der Waals surface area contributed by atoms with E-state index in [-0.39, 0.29) is 37.1 Å². The van der Waals surface area contributed by atoms with E-state index in [9.17, 15) is 14.4 Å². The van der Waals surface area contributed by atoms with Gasteiger partial charge in [0.1, 0.15) is 0 Å². The summed E-state index contributed by atoms with van der Waals surface area (Å²) in [6.07, 6.45) is -0.488. The molecule has 1 fully saturated rings. The molecule has 7 heteroatoms. The van der Waals surface area contributed by atoms with E-state index in [0.29, 0.717) is 6.54 Å². The maximum Gasteiger partial charge on any atom is 0.303 e. The van der Waals surface area contributed by atoms with E-state index in [4.69, 9.17) is 15.3 Å². The molecule has 19 heavy (non-hydrogen) atoms. The summed E-state index contributed by atoms with van der Waals surface area (Å²) in [6, 6.07) is -0.134. The highest BCUT2D eigenvalue weighted by Crippen LogP contribution is 2.35. The largest absolute Gasteiger partial charge is 0.481 e. The second-order valence-corrected chi connectivity index (χ2v) is 5.08. The van der Waals surface area contributed by atoms with Crippen molar-refractivity contribution in [2.75, 3.05) is 6.54 Å². The van der Waals surface area contributed by atoms with Gasteiger partial charge in [0, 0.05) is 25.3 Å². The van der Waals surface area contributed by atoms with E-state index < -0.39 is 23.8 Å². The lowest BCUT2D eigenvalue weighted by Gasteiger charge is -2.41. The monoisotopic (exact) mass is 273 g/mol. The minimum Gasteiger partial charge on any atom is -0.481 e. The molecule has 4 N–H and O–H groups in total. The normalized spacial score (nSPS) is 30.8. The Morgan fingerprint density at radius 2 is 1.42 bits per heavy atom. The first-order valence-corrected chi connectivity index (χ1v) is 6.20. The van der Waals surface area contributed by atoms with Gasteiger partial charge >= 0.3 is 17.9 Å². The highest BCUT2D eigenvalue weighted by atomic mass is 16.4. The number of hydrogen-bond donors (Lipinski definition) is 4. The molecule has 0 saturated carbocycles. The lowest BCUT2D eigenvalue weighted by Crippen LogP contribution is -2.51. The summed E-state index contributed by atoms with van der Waals surface area (Å²) in [4.78, 5) is 32.6.